The Bertz CT molecular complexity index is 1200. The van der Waals surface area contributed by atoms with E-state index < -0.39 is 10.0 Å². The summed E-state index contributed by atoms with van der Waals surface area (Å²) in [7, 11) is -3.66. The molecule has 0 saturated carbocycles. The fourth-order valence-corrected chi connectivity index (χ4v) is 5.99. The minimum atomic E-state index is -3.66. The van der Waals surface area contributed by atoms with Crippen LogP contribution in [0.1, 0.15) is 35.6 Å². The molecule has 0 unspecified atom stereocenters. The van der Waals surface area contributed by atoms with Crippen molar-refractivity contribution in [1.82, 2.24) is 9.29 Å². The standard InChI is InChI=1S/C22H24BrN3O2S/c1-5-19(25-29(27,28)22-15(3)8-14(2)9-16(22)4)13-26-12-17(11-24)20-10-18(23)6-7-21(20)26/h6-10,12,19,25H,5,13H2,1-4H3/t19-/m0/s1. The monoisotopic (exact) mass is 473 g/mol. The van der Waals surface area contributed by atoms with Gasteiger partial charge in [-0.25, -0.2) is 13.1 Å². The van der Waals surface area contributed by atoms with Crippen LogP contribution in [0, 0.1) is 32.1 Å². The topological polar surface area (TPSA) is 74.9 Å². The third-order valence-electron chi connectivity index (χ3n) is 5.07. The van der Waals surface area contributed by atoms with E-state index in [-0.39, 0.29) is 6.04 Å². The lowest BCUT2D eigenvalue weighted by Gasteiger charge is -2.20. The quantitative estimate of drug-likeness (QED) is 0.549. The summed E-state index contributed by atoms with van der Waals surface area (Å²) >= 11 is 3.44. The fraction of sp³-hybridized carbons (Fsp3) is 0.318. The minimum absolute atomic E-state index is 0.300. The number of hydrogen-bond donors (Lipinski definition) is 1. The molecule has 1 atom stereocenters. The first kappa shape index (κ1) is 21.6. The van der Waals surface area contributed by atoms with E-state index in [9.17, 15) is 13.7 Å². The van der Waals surface area contributed by atoms with Crippen molar-refractivity contribution in [1.29, 1.82) is 5.26 Å². The first-order chi connectivity index (χ1) is 13.7. The van der Waals surface area contributed by atoms with Crippen molar-refractivity contribution in [2.75, 3.05) is 0 Å². The Labute approximate surface area is 180 Å². The van der Waals surface area contributed by atoms with Crippen molar-refractivity contribution in [3.63, 3.8) is 0 Å². The van der Waals surface area contributed by atoms with Crippen molar-refractivity contribution in [2.45, 2.75) is 51.6 Å². The number of aromatic nitrogens is 1. The molecule has 2 aromatic carbocycles. The molecule has 0 amide bonds. The summed E-state index contributed by atoms with van der Waals surface area (Å²) < 4.78 is 32.0. The largest absolute Gasteiger partial charge is 0.345 e. The van der Waals surface area contributed by atoms with Crippen LogP contribution in [0.15, 0.2) is 45.9 Å². The second kappa shape index (κ2) is 8.31. The fourth-order valence-electron chi connectivity index (χ4n) is 3.87. The van der Waals surface area contributed by atoms with Crippen LogP contribution >= 0.6 is 15.9 Å². The zero-order valence-electron chi connectivity index (χ0n) is 17.0. The van der Waals surface area contributed by atoms with E-state index in [1.54, 1.807) is 6.20 Å². The highest BCUT2D eigenvalue weighted by atomic mass is 79.9. The summed E-state index contributed by atoms with van der Waals surface area (Å²) in [4.78, 5) is 0.348. The van der Waals surface area contributed by atoms with Crippen molar-refractivity contribution in [2.24, 2.45) is 0 Å². The van der Waals surface area contributed by atoms with Crippen molar-refractivity contribution in [3.05, 3.63) is 63.3 Å². The van der Waals surface area contributed by atoms with Gasteiger partial charge in [0.1, 0.15) is 6.07 Å². The summed E-state index contributed by atoms with van der Waals surface area (Å²) in [5.41, 5.74) is 4.01. The van der Waals surface area contributed by atoms with E-state index in [1.165, 1.54) is 0 Å². The maximum absolute atomic E-state index is 13.1. The normalized spacial score (nSPS) is 12.8. The van der Waals surface area contributed by atoms with Gasteiger partial charge in [-0.15, -0.1) is 0 Å². The Morgan fingerprint density at radius 1 is 1.17 bits per heavy atom. The van der Waals surface area contributed by atoms with Gasteiger partial charge >= 0.3 is 0 Å². The average Bonchev–Trinajstić information content (AvgIpc) is 2.96. The number of sulfonamides is 1. The lowest BCUT2D eigenvalue weighted by atomic mass is 10.1. The van der Waals surface area contributed by atoms with Gasteiger partial charge in [0.05, 0.1) is 10.5 Å². The summed E-state index contributed by atoms with van der Waals surface area (Å²) in [5.74, 6) is 0. The van der Waals surface area contributed by atoms with Gasteiger partial charge in [0.2, 0.25) is 10.0 Å². The van der Waals surface area contributed by atoms with Gasteiger partial charge in [-0.3, -0.25) is 0 Å². The van der Waals surface area contributed by atoms with E-state index in [4.69, 9.17) is 0 Å². The number of fused-ring (bicyclic) bond motifs is 1. The van der Waals surface area contributed by atoms with Crippen LogP contribution in [0.25, 0.3) is 10.9 Å². The maximum Gasteiger partial charge on any atom is 0.241 e. The van der Waals surface area contributed by atoms with Crippen LogP contribution < -0.4 is 4.72 Å². The van der Waals surface area contributed by atoms with Gasteiger partial charge in [-0.1, -0.05) is 40.5 Å². The summed E-state index contributed by atoms with van der Waals surface area (Å²) in [6.45, 7) is 8.01. The molecule has 1 heterocycles. The van der Waals surface area contributed by atoms with Gasteiger partial charge < -0.3 is 4.57 Å². The molecule has 0 saturated heterocycles. The summed E-state index contributed by atoms with van der Waals surface area (Å²) in [5, 5.41) is 10.3. The van der Waals surface area contributed by atoms with E-state index in [2.05, 4.69) is 26.7 Å². The highest BCUT2D eigenvalue weighted by molar-refractivity contribution is 9.10. The molecular formula is C22H24BrN3O2S. The molecule has 0 aliphatic carbocycles. The SMILES string of the molecule is CC[C@@H](Cn1cc(C#N)c2cc(Br)ccc21)NS(=O)(=O)c1c(C)cc(C)cc1C. The molecule has 0 bridgehead atoms. The second-order valence-corrected chi connectivity index (χ2v) is 9.99. The van der Waals surface area contributed by atoms with E-state index in [1.807, 2.05) is 62.6 Å². The Morgan fingerprint density at radius 2 is 1.83 bits per heavy atom. The van der Waals surface area contributed by atoms with Crippen LogP contribution in [0.4, 0.5) is 0 Å². The average molecular weight is 474 g/mol. The molecule has 0 aliphatic heterocycles. The predicted octanol–water partition coefficient (Wildman–Crippen LogP) is 4.96. The zero-order chi connectivity index (χ0) is 21.3. The highest BCUT2D eigenvalue weighted by Crippen LogP contribution is 2.26. The lowest BCUT2D eigenvalue weighted by molar-refractivity contribution is 0.491. The molecular weight excluding hydrogens is 450 g/mol. The molecule has 152 valence electrons. The van der Waals surface area contributed by atoms with Gasteiger partial charge in [0.25, 0.3) is 0 Å². The summed E-state index contributed by atoms with van der Waals surface area (Å²) in [6, 6.07) is 11.5. The van der Waals surface area contributed by atoms with Crippen molar-refractivity contribution in [3.8, 4) is 6.07 Å². The van der Waals surface area contributed by atoms with E-state index >= 15 is 0 Å². The molecule has 1 aromatic heterocycles. The second-order valence-electron chi connectivity index (χ2n) is 7.42. The first-order valence-electron chi connectivity index (χ1n) is 9.45. The molecule has 3 aromatic rings. The van der Waals surface area contributed by atoms with Gasteiger partial charge in [0.15, 0.2) is 0 Å². The third kappa shape index (κ3) is 4.40. The molecule has 7 heteroatoms. The number of nitriles is 1. The molecule has 0 fully saturated rings. The molecule has 5 nitrogen and oxygen atoms in total. The number of aryl methyl sites for hydroxylation is 3. The van der Waals surface area contributed by atoms with Crippen molar-refractivity contribution < 1.29 is 8.42 Å². The Hall–Kier alpha value is -2.14. The zero-order valence-corrected chi connectivity index (χ0v) is 19.4. The van der Waals surface area contributed by atoms with E-state index in [0.29, 0.717) is 23.4 Å². The van der Waals surface area contributed by atoms with Gasteiger partial charge in [0, 0.05) is 34.2 Å². The van der Waals surface area contributed by atoms with Crippen LogP contribution in [0.3, 0.4) is 0 Å². The number of rotatable bonds is 6. The van der Waals surface area contributed by atoms with Crippen LogP contribution in [-0.4, -0.2) is 19.0 Å². The third-order valence-corrected chi connectivity index (χ3v) is 7.39. The maximum atomic E-state index is 13.1. The highest BCUT2D eigenvalue weighted by Gasteiger charge is 2.24. The van der Waals surface area contributed by atoms with Crippen molar-refractivity contribution >= 4 is 36.9 Å². The number of nitrogens with one attached hydrogen (secondary N) is 1. The molecule has 0 aliphatic rings. The summed E-state index contributed by atoms with van der Waals surface area (Å²) in [6.07, 6.45) is 2.41. The Kier molecular flexibility index (Phi) is 6.18. The van der Waals surface area contributed by atoms with Gasteiger partial charge in [-0.05, 0) is 56.5 Å². The number of hydrogen-bond acceptors (Lipinski definition) is 3. The molecule has 3 rings (SSSR count). The number of halogens is 1. The molecule has 1 N–H and O–H groups in total. The number of benzene rings is 2. The van der Waals surface area contributed by atoms with Gasteiger partial charge in [-0.2, -0.15) is 5.26 Å². The molecule has 0 radical (unpaired) electrons. The Balaban J connectivity index is 1.94. The first-order valence-corrected chi connectivity index (χ1v) is 11.7. The predicted molar refractivity (Wildman–Crippen MR) is 119 cm³/mol. The van der Waals surface area contributed by atoms with Crippen LogP contribution in [-0.2, 0) is 16.6 Å². The van der Waals surface area contributed by atoms with E-state index in [0.717, 1.165) is 32.1 Å². The smallest absolute Gasteiger partial charge is 0.241 e. The molecule has 29 heavy (non-hydrogen) atoms. The van der Waals surface area contributed by atoms with Crippen LogP contribution in [0.5, 0.6) is 0 Å². The lowest BCUT2D eigenvalue weighted by Crippen LogP contribution is -2.38. The number of nitrogens with zero attached hydrogens (tertiary/aromatic N) is 2. The Morgan fingerprint density at radius 3 is 2.41 bits per heavy atom. The molecule has 0 spiro atoms. The van der Waals surface area contributed by atoms with Crippen LogP contribution in [0.2, 0.25) is 0 Å². The minimum Gasteiger partial charge on any atom is -0.345 e.